The molecule has 0 unspecified atom stereocenters. The molecule has 0 bridgehead atoms. The number of aromatic nitrogens is 2. The standard InChI is InChI=1S/C11H19N5O3/c1-8(2)15(5-6-19-4)11-9(16(17)18)10(12-3)13-7-14-11/h7-8H,5-6H2,1-4H3,(H,12,13,14). The number of hydrogen-bond acceptors (Lipinski definition) is 7. The van der Waals surface area contributed by atoms with E-state index in [1.807, 2.05) is 18.7 Å². The fraction of sp³-hybridized carbons (Fsp3) is 0.636. The Balaban J connectivity index is 3.25. The molecule has 1 aromatic rings. The van der Waals surface area contributed by atoms with Crippen molar-refractivity contribution in [2.75, 3.05) is 37.5 Å². The fourth-order valence-corrected chi connectivity index (χ4v) is 1.73. The van der Waals surface area contributed by atoms with Gasteiger partial charge in [-0.05, 0) is 13.8 Å². The van der Waals surface area contributed by atoms with Crippen LogP contribution in [0.2, 0.25) is 0 Å². The topological polar surface area (TPSA) is 93.4 Å². The number of hydrogen-bond donors (Lipinski definition) is 1. The van der Waals surface area contributed by atoms with E-state index in [-0.39, 0.29) is 17.5 Å². The summed E-state index contributed by atoms with van der Waals surface area (Å²) in [6, 6.07) is 0.0634. The molecule has 19 heavy (non-hydrogen) atoms. The van der Waals surface area contributed by atoms with Crippen molar-refractivity contribution in [3.05, 3.63) is 16.4 Å². The smallest absolute Gasteiger partial charge is 0.353 e. The quantitative estimate of drug-likeness (QED) is 0.588. The Kier molecular flexibility index (Phi) is 5.43. The van der Waals surface area contributed by atoms with Crippen LogP contribution >= 0.6 is 0 Å². The summed E-state index contributed by atoms with van der Waals surface area (Å²) >= 11 is 0. The molecule has 8 nitrogen and oxygen atoms in total. The summed E-state index contributed by atoms with van der Waals surface area (Å²) in [5.41, 5.74) is -0.116. The molecular weight excluding hydrogens is 250 g/mol. The highest BCUT2D eigenvalue weighted by molar-refractivity contribution is 5.70. The normalized spacial score (nSPS) is 10.6. The molecule has 1 N–H and O–H groups in total. The summed E-state index contributed by atoms with van der Waals surface area (Å²) in [5.74, 6) is 0.509. The summed E-state index contributed by atoms with van der Waals surface area (Å²) < 4.78 is 5.03. The van der Waals surface area contributed by atoms with Crippen molar-refractivity contribution < 1.29 is 9.66 Å². The Morgan fingerprint density at radius 1 is 1.53 bits per heavy atom. The Bertz CT molecular complexity index is 438. The number of ether oxygens (including phenoxy) is 1. The average molecular weight is 269 g/mol. The third-order valence-electron chi connectivity index (χ3n) is 2.65. The van der Waals surface area contributed by atoms with Crippen LogP contribution in [0, 0.1) is 10.1 Å². The van der Waals surface area contributed by atoms with Gasteiger partial charge in [-0.1, -0.05) is 0 Å². The maximum atomic E-state index is 11.2. The first kappa shape index (κ1) is 15.1. The van der Waals surface area contributed by atoms with Crippen LogP contribution in [0.4, 0.5) is 17.3 Å². The number of methoxy groups -OCH3 is 1. The summed E-state index contributed by atoms with van der Waals surface area (Å²) in [6.07, 6.45) is 1.32. The van der Waals surface area contributed by atoms with Gasteiger partial charge in [-0.2, -0.15) is 0 Å². The van der Waals surface area contributed by atoms with Gasteiger partial charge in [0.15, 0.2) is 0 Å². The van der Waals surface area contributed by atoms with Gasteiger partial charge in [0.1, 0.15) is 6.33 Å². The summed E-state index contributed by atoms with van der Waals surface area (Å²) in [4.78, 5) is 20.5. The molecule has 0 saturated carbocycles. The number of nitrogens with zero attached hydrogens (tertiary/aromatic N) is 4. The van der Waals surface area contributed by atoms with Crippen LogP contribution in [-0.4, -0.2) is 48.2 Å². The van der Waals surface area contributed by atoms with Crippen LogP contribution < -0.4 is 10.2 Å². The zero-order valence-corrected chi connectivity index (χ0v) is 11.6. The highest BCUT2D eigenvalue weighted by atomic mass is 16.6. The molecule has 106 valence electrons. The molecule has 0 aliphatic heterocycles. The molecule has 0 saturated heterocycles. The van der Waals surface area contributed by atoms with Crippen LogP contribution in [0.1, 0.15) is 13.8 Å². The largest absolute Gasteiger partial charge is 0.383 e. The zero-order valence-electron chi connectivity index (χ0n) is 11.6. The Labute approximate surface area is 112 Å². The molecule has 0 aromatic carbocycles. The van der Waals surface area contributed by atoms with Crippen LogP contribution in [-0.2, 0) is 4.74 Å². The third-order valence-corrected chi connectivity index (χ3v) is 2.65. The van der Waals surface area contributed by atoms with E-state index in [1.165, 1.54) is 6.33 Å². The average Bonchev–Trinajstić information content (AvgIpc) is 2.38. The van der Waals surface area contributed by atoms with Gasteiger partial charge >= 0.3 is 5.69 Å². The monoisotopic (exact) mass is 269 g/mol. The maximum absolute atomic E-state index is 11.2. The molecule has 0 atom stereocenters. The fourth-order valence-electron chi connectivity index (χ4n) is 1.73. The van der Waals surface area contributed by atoms with Crippen LogP contribution in [0.5, 0.6) is 0 Å². The first-order chi connectivity index (χ1) is 9.02. The Morgan fingerprint density at radius 3 is 2.68 bits per heavy atom. The second-order valence-electron chi connectivity index (χ2n) is 4.18. The molecule has 0 spiro atoms. The van der Waals surface area contributed by atoms with Crippen LogP contribution in [0.15, 0.2) is 6.33 Å². The van der Waals surface area contributed by atoms with Gasteiger partial charge in [0.2, 0.25) is 11.6 Å². The van der Waals surface area contributed by atoms with Crippen molar-refractivity contribution in [2.24, 2.45) is 0 Å². The van der Waals surface area contributed by atoms with E-state index < -0.39 is 4.92 Å². The minimum atomic E-state index is -0.469. The number of nitrogens with one attached hydrogen (secondary N) is 1. The maximum Gasteiger partial charge on any atom is 0.353 e. The molecular formula is C11H19N5O3. The van der Waals surface area contributed by atoms with E-state index in [9.17, 15) is 10.1 Å². The molecule has 0 radical (unpaired) electrons. The lowest BCUT2D eigenvalue weighted by Gasteiger charge is -2.27. The second-order valence-corrected chi connectivity index (χ2v) is 4.18. The highest BCUT2D eigenvalue weighted by Gasteiger charge is 2.27. The van der Waals surface area contributed by atoms with Crippen molar-refractivity contribution in [3.8, 4) is 0 Å². The molecule has 8 heteroatoms. The molecule has 1 aromatic heterocycles. The van der Waals surface area contributed by atoms with Gasteiger partial charge in [0, 0.05) is 26.7 Å². The minimum absolute atomic E-state index is 0.0634. The zero-order chi connectivity index (χ0) is 14.4. The number of nitro groups is 1. The summed E-state index contributed by atoms with van der Waals surface area (Å²) in [5, 5.41) is 13.9. The second kappa shape index (κ2) is 6.83. The van der Waals surface area contributed by atoms with E-state index in [0.717, 1.165) is 0 Å². The van der Waals surface area contributed by atoms with Gasteiger partial charge in [-0.3, -0.25) is 10.1 Å². The molecule has 0 aliphatic rings. The van der Waals surface area contributed by atoms with E-state index in [0.29, 0.717) is 19.0 Å². The lowest BCUT2D eigenvalue weighted by atomic mass is 10.3. The van der Waals surface area contributed by atoms with Gasteiger partial charge < -0.3 is 15.0 Å². The van der Waals surface area contributed by atoms with Crippen LogP contribution in [0.25, 0.3) is 0 Å². The van der Waals surface area contributed by atoms with E-state index in [4.69, 9.17) is 4.74 Å². The first-order valence-corrected chi connectivity index (χ1v) is 5.95. The van der Waals surface area contributed by atoms with E-state index in [1.54, 1.807) is 14.2 Å². The first-order valence-electron chi connectivity index (χ1n) is 5.95. The van der Waals surface area contributed by atoms with Crippen molar-refractivity contribution in [2.45, 2.75) is 19.9 Å². The number of anilines is 2. The van der Waals surface area contributed by atoms with Gasteiger partial charge in [-0.25, -0.2) is 9.97 Å². The van der Waals surface area contributed by atoms with Crippen LogP contribution in [0.3, 0.4) is 0 Å². The Morgan fingerprint density at radius 2 is 2.21 bits per heavy atom. The summed E-state index contributed by atoms with van der Waals surface area (Å²) in [6.45, 7) is 4.88. The van der Waals surface area contributed by atoms with Crippen molar-refractivity contribution in [1.29, 1.82) is 0 Å². The molecule has 0 aliphatic carbocycles. The minimum Gasteiger partial charge on any atom is -0.383 e. The van der Waals surface area contributed by atoms with Crippen molar-refractivity contribution >= 4 is 17.3 Å². The van der Waals surface area contributed by atoms with Crippen molar-refractivity contribution in [1.82, 2.24) is 9.97 Å². The van der Waals surface area contributed by atoms with Crippen molar-refractivity contribution in [3.63, 3.8) is 0 Å². The highest BCUT2D eigenvalue weighted by Crippen LogP contribution is 2.32. The Hall–Kier alpha value is -1.96. The lowest BCUT2D eigenvalue weighted by Crippen LogP contribution is -2.35. The predicted octanol–water partition coefficient (Wildman–Crippen LogP) is 1.29. The molecule has 1 rings (SSSR count). The lowest BCUT2D eigenvalue weighted by molar-refractivity contribution is -0.383. The van der Waals surface area contributed by atoms with Gasteiger partial charge in [0.05, 0.1) is 11.5 Å². The van der Waals surface area contributed by atoms with E-state index in [2.05, 4.69) is 15.3 Å². The molecule has 0 amide bonds. The SMILES string of the molecule is CNc1ncnc(N(CCOC)C(C)C)c1[N+](=O)[O-]. The third kappa shape index (κ3) is 3.50. The van der Waals surface area contributed by atoms with Gasteiger partial charge in [-0.15, -0.1) is 0 Å². The van der Waals surface area contributed by atoms with Gasteiger partial charge in [0.25, 0.3) is 0 Å². The summed E-state index contributed by atoms with van der Waals surface area (Å²) in [7, 11) is 3.18. The molecule has 0 fully saturated rings. The van der Waals surface area contributed by atoms with E-state index >= 15 is 0 Å². The number of rotatable bonds is 7. The molecule has 1 heterocycles. The predicted molar refractivity (Wildman–Crippen MR) is 72.6 cm³/mol.